The van der Waals surface area contributed by atoms with Crippen LogP contribution in [-0.2, 0) is 0 Å². The van der Waals surface area contributed by atoms with Crippen molar-refractivity contribution < 1.29 is 4.39 Å². The zero-order valence-corrected chi connectivity index (χ0v) is 10.7. The summed E-state index contributed by atoms with van der Waals surface area (Å²) in [6.45, 7) is 0. The number of nitrogen functional groups attached to an aromatic ring is 1. The summed E-state index contributed by atoms with van der Waals surface area (Å²) < 4.78 is 13.9. The molecule has 4 nitrogen and oxygen atoms in total. The third-order valence-electron chi connectivity index (χ3n) is 2.56. The first kappa shape index (κ1) is 11.2. The average molecular weight is 307 g/mol. The number of hydrogen-bond donors (Lipinski definition) is 2. The van der Waals surface area contributed by atoms with E-state index >= 15 is 0 Å². The third-order valence-corrected chi connectivity index (χ3v) is 3.20. The van der Waals surface area contributed by atoms with Crippen molar-refractivity contribution in [3.8, 4) is 11.4 Å². The number of imidazole rings is 1. The summed E-state index contributed by atoms with van der Waals surface area (Å²) >= 11 is 3.11. The molecule has 0 saturated heterocycles. The molecule has 0 unspecified atom stereocenters. The van der Waals surface area contributed by atoms with Gasteiger partial charge in [-0.2, -0.15) is 0 Å². The summed E-state index contributed by atoms with van der Waals surface area (Å²) in [6, 6.07) is 8.30. The number of aromatic amines is 1. The molecule has 90 valence electrons. The van der Waals surface area contributed by atoms with Crippen LogP contribution in [0.3, 0.4) is 0 Å². The minimum atomic E-state index is -0.333. The van der Waals surface area contributed by atoms with Gasteiger partial charge in [-0.1, -0.05) is 0 Å². The molecule has 0 amide bonds. The fourth-order valence-corrected chi connectivity index (χ4v) is 1.93. The van der Waals surface area contributed by atoms with E-state index in [4.69, 9.17) is 5.73 Å². The van der Waals surface area contributed by atoms with E-state index in [1.54, 1.807) is 24.3 Å². The van der Waals surface area contributed by atoms with Crippen LogP contribution in [0.5, 0.6) is 0 Å². The van der Waals surface area contributed by atoms with Crippen molar-refractivity contribution in [3.63, 3.8) is 0 Å². The van der Waals surface area contributed by atoms with E-state index in [-0.39, 0.29) is 5.82 Å². The van der Waals surface area contributed by atoms with Gasteiger partial charge in [0.2, 0.25) is 0 Å². The lowest BCUT2D eigenvalue weighted by Crippen LogP contribution is -1.88. The maximum atomic E-state index is 13.5. The molecule has 0 aliphatic carbocycles. The van der Waals surface area contributed by atoms with E-state index in [0.717, 1.165) is 5.52 Å². The molecule has 3 N–H and O–H groups in total. The van der Waals surface area contributed by atoms with Crippen LogP contribution in [0.15, 0.2) is 34.8 Å². The summed E-state index contributed by atoms with van der Waals surface area (Å²) in [6.07, 6.45) is 0. The molecule has 0 aliphatic heterocycles. The Hall–Kier alpha value is -1.95. The SMILES string of the molecule is Nc1ccc2[nH]c(-c3ccc(Br)c(F)c3)nc2n1. The first-order valence-corrected chi connectivity index (χ1v) is 6.00. The highest BCUT2D eigenvalue weighted by atomic mass is 79.9. The lowest BCUT2D eigenvalue weighted by Gasteiger charge is -1.98. The fraction of sp³-hybridized carbons (Fsp3) is 0. The number of pyridine rings is 1. The maximum absolute atomic E-state index is 13.5. The number of rotatable bonds is 1. The van der Waals surface area contributed by atoms with Crippen molar-refractivity contribution in [2.75, 3.05) is 5.73 Å². The lowest BCUT2D eigenvalue weighted by atomic mass is 10.2. The minimum Gasteiger partial charge on any atom is -0.384 e. The molecule has 3 rings (SSSR count). The second-order valence-corrected chi connectivity index (χ2v) is 4.68. The summed E-state index contributed by atoms with van der Waals surface area (Å²) in [5.41, 5.74) is 7.53. The Bertz CT molecular complexity index is 738. The topological polar surface area (TPSA) is 67.6 Å². The number of hydrogen-bond acceptors (Lipinski definition) is 3. The molecule has 2 heterocycles. The molecule has 1 aromatic carbocycles. The Kier molecular flexibility index (Phi) is 2.52. The molecule has 0 atom stereocenters. The van der Waals surface area contributed by atoms with Gasteiger partial charge >= 0.3 is 0 Å². The number of fused-ring (bicyclic) bond motifs is 1. The van der Waals surface area contributed by atoms with Gasteiger partial charge in [-0.05, 0) is 46.3 Å². The Morgan fingerprint density at radius 2 is 2.00 bits per heavy atom. The van der Waals surface area contributed by atoms with Crippen LogP contribution in [0, 0.1) is 5.82 Å². The number of nitrogens with one attached hydrogen (secondary N) is 1. The molecule has 18 heavy (non-hydrogen) atoms. The summed E-state index contributed by atoms with van der Waals surface area (Å²) in [7, 11) is 0. The van der Waals surface area contributed by atoms with E-state index in [2.05, 4.69) is 30.9 Å². The monoisotopic (exact) mass is 306 g/mol. The van der Waals surface area contributed by atoms with E-state index in [1.807, 2.05) is 0 Å². The van der Waals surface area contributed by atoms with E-state index in [1.165, 1.54) is 6.07 Å². The quantitative estimate of drug-likeness (QED) is 0.726. The van der Waals surface area contributed by atoms with Crippen molar-refractivity contribution in [3.05, 3.63) is 40.6 Å². The predicted molar refractivity (Wildman–Crippen MR) is 71.4 cm³/mol. The number of nitrogens with two attached hydrogens (primary N) is 1. The Morgan fingerprint density at radius 3 is 2.78 bits per heavy atom. The molecular formula is C12H8BrFN4. The molecule has 3 aromatic rings. The Labute approximate surface area is 110 Å². The number of halogens is 2. The van der Waals surface area contributed by atoms with Crippen LogP contribution in [0.1, 0.15) is 0 Å². The Balaban J connectivity index is 2.16. The normalized spacial score (nSPS) is 11.0. The fourth-order valence-electron chi connectivity index (χ4n) is 1.69. The first-order chi connectivity index (χ1) is 8.63. The predicted octanol–water partition coefficient (Wildman–Crippen LogP) is 3.11. The van der Waals surface area contributed by atoms with Crippen LogP contribution >= 0.6 is 15.9 Å². The van der Waals surface area contributed by atoms with E-state index in [9.17, 15) is 4.39 Å². The second kappa shape index (κ2) is 4.06. The van der Waals surface area contributed by atoms with Crippen LogP contribution in [0.2, 0.25) is 0 Å². The lowest BCUT2D eigenvalue weighted by molar-refractivity contribution is 0.621. The Morgan fingerprint density at radius 1 is 1.17 bits per heavy atom. The van der Waals surface area contributed by atoms with Gasteiger partial charge in [-0.3, -0.25) is 0 Å². The standard InChI is InChI=1S/C12H8BrFN4/c13-7-2-1-6(5-8(7)14)11-16-9-3-4-10(15)17-12(9)18-11/h1-5H,(H3,15,16,17,18). The van der Waals surface area contributed by atoms with Crippen LogP contribution in [0.25, 0.3) is 22.6 Å². The zero-order valence-electron chi connectivity index (χ0n) is 9.11. The van der Waals surface area contributed by atoms with Crippen LogP contribution in [-0.4, -0.2) is 15.0 Å². The second-order valence-electron chi connectivity index (χ2n) is 3.82. The third kappa shape index (κ3) is 1.84. The summed E-state index contributed by atoms with van der Waals surface area (Å²) in [4.78, 5) is 11.5. The average Bonchev–Trinajstić information content (AvgIpc) is 2.75. The molecule has 2 aromatic heterocycles. The van der Waals surface area contributed by atoms with Crippen LogP contribution < -0.4 is 5.73 Å². The number of H-pyrrole nitrogens is 1. The highest BCUT2D eigenvalue weighted by molar-refractivity contribution is 9.10. The van der Waals surface area contributed by atoms with Gasteiger partial charge in [0, 0.05) is 5.56 Å². The van der Waals surface area contributed by atoms with E-state index < -0.39 is 0 Å². The highest BCUT2D eigenvalue weighted by Crippen LogP contribution is 2.24. The van der Waals surface area contributed by atoms with Gasteiger partial charge in [0.05, 0.1) is 9.99 Å². The van der Waals surface area contributed by atoms with Crippen molar-refractivity contribution in [1.82, 2.24) is 15.0 Å². The van der Waals surface area contributed by atoms with Gasteiger partial charge in [0.1, 0.15) is 17.5 Å². The van der Waals surface area contributed by atoms with Crippen molar-refractivity contribution in [1.29, 1.82) is 0 Å². The largest absolute Gasteiger partial charge is 0.384 e. The van der Waals surface area contributed by atoms with Crippen LogP contribution in [0.4, 0.5) is 10.2 Å². The maximum Gasteiger partial charge on any atom is 0.180 e. The molecule has 0 bridgehead atoms. The van der Waals surface area contributed by atoms with Gasteiger partial charge in [0.15, 0.2) is 5.65 Å². The minimum absolute atomic E-state index is 0.333. The van der Waals surface area contributed by atoms with E-state index in [0.29, 0.717) is 27.3 Å². The molecule has 0 spiro atoms. The summed E-state index contributed by atoms with van der Waals surface area (Å²) in [5, 5.41) is 0. The zero-order chi connectivity index (χ0) is 12.7. The number of benzene rings is 1. The van der Waals surface area contributed by atoms with Gasteiger partial charge in [-0.25, -0.2) is 14.4 Å². The molecule has 0 saturated carbocycles. The van der Waals surface area contributed by atoms with Crippen molar-refractivity contribution in [2.45, 2.75) is 0 Å². The highest BCUT2D eigenvalue weighted by Gasteiger charge is 2.08. The molecule has 0 fully saturated rings. The molecule has 0 aliphatic rings. The molecular weight excluding hydrogens is 299 g/mol. The molecule has 6 heteroatoms. The number of anilines is 1. The number of aromatic nitrogens is 3. The number of nitrogens with zero attached hydrogens (tertiary/aromatic N) is 2. The van der Waals surface area contributed by atoms with Crippen molar-refractivity contribution >= 4 is 32.9 Å². The molecule has 0 radical (unpaired) electrons. The van der Waals surface area contributed by atoms with Crippen molar-refractivity contribution in [2.24, 2.45) is 0 Å². The summed E-state index contributed by atoms with van der Waals surface area (Å²) in [5.74, 6) is 0.637. The smallest absolute Gasteiger partial charge is 0.180 e. The van der Waals surface area contributed by atoms with Gasteiger partial charge in [-0.15, -0.1) is 0 Å². The van der Waals surface area contributed by atoms with Gasteiger partial charge in [0.25, 0.3) is 0 Å². The van der Waals surface area contributed by atoms with Gasteiger partial charge < -0.3 is 10.7 Å². The first-order valence-electron chi connectivity index (χ1n) is 5.21.